The zero-order valence-corrected chi connectivity index (χ0v) is 18.6. The summed E-state index contributed by atoms with van der Waals surface area (Å²) in [4.78, 5) is 15.0. The van der Waals surface area contributed by atoms with Gasteiger partial charge in [-0.05, 0) is 54.8 Å². The van der Waals surface area contributed by atoms with Crippen LogP contribution in [-0.4, -0.2) is 27.0 Å². The van der Waals surface area contributed by atoms with E-state index in [1.165, 1.54) is 0 Å². The Morgan fingerprint density at radius 3 is 2.42 bits per heavy atom. The first-order valence-corrected chi connectivity index (χ1v) is 11.2. The highest BCUT2D eigenvalue weighted by molar-refractivity contribution is 6.33. The number of amides is 1. The van der Waals surface area contributed by atoms with Crippen LogP contribution < -0.4 is 4.74 Å². The second-order valence-corrected chi connectivity index (χ2v) is 8.35. The summed E-state index contributed by atoms with van der Waals surface area (Å²) in [7, 11) is 0. The van der Waals surface area contributed by atoms with E-state index < -0.39 is 0 Å². The molecule has 0 unspecified atom stereocenters. The molecule has 1 heterocycles. The van der Waals surface area contributed by atoms with Crippen LogP contribution in [0.4, 0.5) is 0 Å². The summed E-state index contributed by atoms with van der Waals surface area (Å²) in [5.41, 5.74) is 2.29. The molecule has 1 aliphatic carbocycles. The van der Waals surface area contributed by atoms with Gasteiger partial charge in [-0.2, -0.15) is 0 Å². The summed E-state index contributed by atoms with van der Waals surface area (Å²) in [6.45, 7) is 0.706. The lowest BCUT2D eigenvalue weighted by atomic mass is 10.1. The lowest BCUT2D eigenvalue weighted by molar-refractivity contribution is 0.0714. The highest BCUT2D eigenvalue weighted by Gasteiger charge is 2.34. The number of para-hydroxylation sites is 1. The number of benzene rings is 3. The molecule has 7 heteroatoms. The Labute approximate surface area is 196 Å². The minimum Gasteiger partial charge on any atom is -0.489 e. The number of rotatable bonds is 8. The van der Waals surface area contributed by atoms with E-state index in [1.807, 2.05) is 72.8 Å². The van der Waals surface area contributed by atoms with Crippen LogP contribution in [0.15, 0.2) is 83.3 Å². The third kappa shape index (κ3) is 5.07. The number of aromatic nitrogens is 2. The summed E-state index contributed by atoms with van der Waals surface area (Å²) in [5.74, 6) is 1.50. The molecule has 0 spiro atoms. The summed E-state index contributed by atoms with van der Waals surface area (Å²) in [5, 5.41) is 8.80. The number of carbonyl (C=O) groups is 1. The Hall–Kier alpha value is -3.64. The number of halogens is 1. The Bertz CT molecular complexity index is 1240. The Morgan fingerprint density at radius 2 is 1.70 bits per heavy atom. The summed E-state index contributed by atoms with van der Waals surface area (Å²) in [6.07, 6.45) is 1.94. The normalized spacial score (nSPS) is 13.0. The second-order valence-electron chi connectivity index (χ2n) is 7.94. The molecular formula is C26H22ClN3O3. The predicted octanol–water partition coefficient (Wildman–Crippen LogP) is 5.77. The molecule has 3 aromatic carbocycles. The van der Waals surface area contributed by atoms with Crippen molar-refractivity contribution in [2.45, 2.75) is 32.0 Å². The van der Waals surface area contributed by atoms with E-state index in [0.29, 0.717) is 34.5 Å². The van der Waals surface area contributed by atoms with Crippen molar-refractivity contribution < 1.29 is 13.9 Å². The van der Waals surface area contributed by atoms with Crippen LogP contribution in [-0.2, 0) is 13.2 Å². The third-order valence-electron chi connectivity index (χ3n) is 5.47. The molecule has 1 amide bonds. The number of nitrogens with zero attached hydrogens (tertiary/aromatic N) is 3. The molecule has 1 fully saturated rings. The molecule has 0 N–H and O–H groups in total. The molecular weight excluding hydrogens is 438 g/mol. The molecule has 33 heavy (non-hydrogen) atoms. The van der Waals surface area contributed by atoms with Crippen molar-refractivity contribution in [2.75, 3.05) is 0 Å². The van der Waals surface area contributed by atoms with E-state index >= 15 is 0 Å². The molecule has 0 saturated heterocycles. The van der Waals surface area contributed by atoms with Crippen LogP contribution in [0, 0.1) is 0 Å². The van der Waals surface area contributed by atoms with Crippen molar-refractivity contribution in [1.29, 1.82) is 0 Å². The van der Waals surface area contributed by atoms with Crippen LogP contribution >= 0.6 is 11.6 Å². The van der Waals surface area contributed by atoms with Crippen LogP contribution in [0.25, 0.3) is 11.5 Å². The third-order valence-corrected chi connectivity index (χ3v) is 5.80. The summed E-state index contributed by atoms with van der Waals surface area (Å²) < 4.78 is 11.6. The first kappa shape index (κ1) is 21.2. The fourth-order valence-corrected chi connectivity index (χ4v) is 3.77. The van der Waals surface area contributed by atoms with Gasteiger partial charge in [0.1, 0.15) is 12.4 Å². The first-order valence-electron chi connectivity index (χ1n) is 10.8. The van der Waals surface area contributed by atoms with Gasteiger partial charge in [-0.3, -0.25) is 4.79 Å². The van der Waals surface area contributed by atoms with Gasteiger partial charge in [0.25, 0.3) is 5.91 Å². The molecule has 0 aliphatic heterocycles. The largest absolute Gasteiger partial charge is 0.489 e. The maximum absolute atomic E-state index is 13.2. The summed E-state index contributed by atoms with van der Waals surface area (Å²) >= 11 is 6.23. The molecule has 0 bridgehead atoms. The van der Waals surface area contributed by atoms with Gasteiger partial charge < -0.3 is 14.1 Å². The molecule has 1 saturated carbocycles. The summed E-state index contributed by atoms with van der Waals surface area (Å²) in [6, 6.07) is 24.7. The minimum absolute atomic E-state index is 0.0504. The maximum atomic E-state index is 13.2. The van der Waals surface area contributed by atoms with Crippen LogP contribution in [0.3, 0.4) is 0 Å². The highest BCUT2D eigenvalue weighted by Crippen LogP contribution is 2.31. The molecule has 5 rings (SSSR count). The highest BCUT2D eigenvalue weighted by atomic mass is 35.5. The fourth-order valence-electron chi connectivity index (χ4n) is 3.55. The molecule has 6 nitrogen and oxygen atoms in total. The molecule has 166 valence electrons. The fraction of sp³-hybridized carbons (Fsp3) is 0.192. The quantitative estimate of drug-likeness (QED) is 0.334. The number of carbonyl (C=O) groups excluding carboxylic acids is 1. The standard InChI is InChI=1S/C26H22ClN3O3/c27-23-9-5-4-8-22(23)25-29-28-24(33-25)16-30(20-14-15-20)26(31)19-12-10-18(11-13-19)17-32-21-6-2-1-3-7-21/h1-13,20H,14-17H2. The van der Waals surface area contributed by atoms with Crippen molar-refractivity contribution in [3.05, 3.63) is 101 Å². The van der Waals surface area contributed by atoms with Crippen LogP contribution in [0.2, 0.25) is 5.02 Å². The van der Waals surface area contributed by atoms with Gasteiger partial charge in [-0.1, -0.05) is 54.1 Å². The van der Waals surface area contributed by atoms with Gasteiger partial charge in [0.05, 0.1) is 17.1 Å². The maximum Gasteiger partial charge on any atom is 0.254 e. The van der Waals surface area contributed by atoms with E-state index in [0.717, 1.165) is 24.2 Å². The molecule has 1 aromatic heterocycles. The lowest BCUT2D eigenvalue weighted by Crippen LogP contribution is -2.32. The van der Waals surface area contributed by atoms with Gasteiger partial charge in [-0.15, -0.1) is 10.2 Å². The number of ether oxygens (including phenoxy) is 1. The topological polar surface area (TPSA) is 68.5 Å². The SMILES string of the molecule is O=C(c1ccc(COc2ccccc2)cc1)N(Cc1nnc(-c2ccccc2Cl)o1)C1CC1. The van der Waals surface area contributed by atoms with Gasteiger partial charge in [0.15, 0.2) is 0 Å². The zero-order chi connectivity index (χ0) is 22.6. The van der Waals surface area contributed by atoms with Crippen molar-refractivity contribution in [3.63, 3.8) is 0 Å². The van der Waals surface area contributed by atoms with E-state index in [4.69, 9.17) is 20.8 Å². The lowest BCUT2D eigenvalue weighted by Gasteiger charge is -2.20. The Balaban J connectivity index is 1.26. The van der Waals surface area contributed by atoms with Crippen LogP contribution in [0.5, 0.6) is 5.75 Å². The zero-order valence-electron chi connectivity index (χ0n) is 17.9. The average molecular weight is 460 g/mol. The van der Waals surface area contributed by atoms with Gasteiger partial charge in [0.2, 0.25) is 11.8 Å². The van der Waals surface area contributed by atoms with Crippen molar-refractivity contribution in [1.82, 2.24) is 15.1 Å². The molecule has 1 aliphatic rings. The molecule has 0 atom stereocenters. The molecule has 0 radical (unpaired) electrons. The predicted molar refractivity (Wildman–Crippen MR) is 125 cm³/mol. The molecule has 4 aromatic rings. The van der Waals surface area contributed by atoms with Gasteiger partial charge in [-0.25, -0.2) is 0 Å². The van der Waals surface area contributed by atoms with E-state index in [2.05, 4.69) is 10.2 Å². The van der Waals surface area contributed by atoms with E-state index in [-0.39, 0.29) is 18.5 Å². The van der Waals surface area contributed by atoms with Crippen molar-refractivity contribution in [3.8, 4) is 17.2 Å². The number of hydrogen-bond donors (Lipinski definition) is 0. The number of hydrogen-bond acceptors (Lipinski definition) is 5. The average Bonchev–Trinajstić information content (AvgIpc) is 3.60. The monoisotopic (exact) mass is 459 g/mol. The smallest absolute Gasteiger partial charge is 0.254 e. The van der Waals surface area contributed by atoms with Crippen LogP contribution in [0.1, 0.15) is 34.7 Å². The van der Waals surface area contributed by atoms with Crippen molar-refractivity contribution >= 4 is 17.5 Å². The first-order chi connectivity index (χ1) is 16.2. The Kier molecular flexibility index (Phi) is 6.09. The van der Waals surface area contributed by atoms with Gasteiger partial charge >= 0.3 is 0 Å². The van der Waals surface area contributed by atoms with E-state index in [9.17, 15) is 4.79 Å². The van der Waals surface area contributed by atoms with Gasteiger partial charge in [0, 0.05) is 11.6 Å². The van der Waals surface area contributed by atoms with E-state index in [1.54, 1.807) is 11.0 Å². The van der Waals surface area contributed by atoms with Crippen molar-refractivity contribution in [2.24, 2.45) is 0 Å². The Morgan fingerprint density at radius 1 is 0.970 bits per heavy atom. The second kappa shape index (κ2) is 9.46. The minimum atomic E-state index is -0.0504.